The first-order valence-corrected chi connectivity index (χ1v) is 9.04. The third kappa shape index (κ3) is 3.45. The van der Waals surface area contributed by atoms with Gasteiger partial charge in [-0.25, -0.2) is 0 Å². The molecule has 1 aromatic carbocycles. The van der Waals surface area contributed by atoms with Crippen molar-refractivity contribution in [1.82, 2.24) is 9.88 Å². The molecule has 2 aliphatic heterocycles. The van der Waals surface area contributed by atoms with Crippen molar-refractivity contribution in [1.29, 1.82) is 0 Å². The molecule has 1 aromatic heterocycles. The van der Waals surface area contributed by atoms with E-state index in [9.17, 15) is 14.4 Å². The number of aromatic amines is 1. The van der Waals surface area contributed by atoms with Crippen molar-refractivity contribution in [3.8, 4) is 11.5 Å². The summed E-state index contributed by atoms with van der Waals surface area (Å²) in [7, 11) is 0. The number of likely N-dealkylation sites (tertiary alicyclic amines) is 1. The van der Waals surface area contributed by atoms with Crippen LogP contribution >= 0.6 is 0 Å². The van der Waals surface area contributed by atoms with Crippen molar-refractivity contribution < 1.29 is 19.1 Å². The van der Waals surface area contributed by atoms with Gasteiger partial charge in [0.05, 0.1) is 0 Å². The number of pyridine rings is 1. The van der Waals surface area contributed by atoms with E-state index in [0.29, 0.717) is 56.2 Å². The molecule has 1 fully saturated rings. The number of hydrogen-bond donors (Lipinski definition) is 1. The Balaban J connectivity index is 1.42. The molecule has 0 radical (unpaired) electrons. The maximum atomic E-state index is 12.8. The fourth-order valence-corrected chi connectivity index (χ4v) is 3.54. The van der Waals surface area contributed by atoms with Gasteiger partial charge in [0.2, 0.25) is 0 Å². The van der Waals surface area contributed by atoms with E-state index in [1.807, 2.05) is 0 Å². The number of fused-ring (bicyclic) bond motifs is 1. The van der Waals surface area contributed by atoms with Gasteiger partial charge in [0.25, 0.3) is 11.5 Å². The second-order valence-corrected chi connectivity index (χ2v) is 6.70. The first kappa shape index (κ1) is 17.3. The molecule has 1 N–H and O–H groups in total. The Morgan fingerprint density at radius 1 is 1.04 bits per heavy atom. The van der Waals surface area contributed by atoms with E-state index in [-0.39, 0.29) is 23.2 Å². The lowest BCUT2D eigenvalue weighted by atomic mass is 9.88. The number of benzene rings is 1. The first-order valence-electron chi connectivity index (χ1n) is 9.04. The van der Waals surface area contributed by atoms with E-state index >= 15 is 0 Å². The predicted octanol–water partition coefficient (Wildman–Crippen LogP) is 1.88. The van der Waals surface area contributed by atoms with E-state index in [1.165, 1.54) is 12.3 Å². The molecular weight excluding hydrogens is 348 g/mol. The minimum atomic E-state index is -0.392. The van der Waals surface area contributed by atoms with Crippen molar-refractivity contribution in [2.24, 2.45) is 5.92 Å². The molecule has 0 saturated carbocycles. The summed E-state index contributed by atoms with van der Waals surface area (Å²) in [5.41, 5.74) is 0.342. The van der Waals surface area contributed by atoms with Crippen LogP contribution in [0.1, 0.15) is 33.6 Å². The minimum absolute atomic E-state index is 0.0524. The molecule has 7 nitrogen and oxygen atoms in total. The number of aromatic nitrogens is 1. The maximum absolute atomic E-state index is 12.8. The zero-order valence-corrected chi connectivity index (χ0v) is 14.8. The maximum Gasteiger partial charge on any atom is 0.260 e. The van der Waals surface area contributed by atoms with Crippen molar-refractivity contribution in [3.63, 3.8) is 0 Å². The third-order valence-electron chi connectivity index (χ3n) is 5.03. The lowest BCUT2D eigenvalue weighted by Gasteiger charge is -2.31. The van der Waals surface area contributed by atoms with Gasteiger partial charge < -0.3 is 19.4 Å². The number of nitrogens with one attached hydrogen (secondary N) is 1. The number of hydrogen-bond acceptors (Lipinski definition) is 5. The van der Waals surface area contributed by atoms with Gasteiger partial charge >= 0.3 is 0 Å². The SMILES string of the molecule is O=C(c1ccc2c(c1)OCCO2)C1CCN(C(=O)c2ccc[nH]c2=O)CC1. The highest BCUT2D eigenvalue weighted by Crippen LogP contribution is 2.32. The van der Waals surface area contributed by atoms with Crippen LogP contribution in [0, 0.1) is 5.92 Å². The summed E-state index contributed by atoms with van der Waals surface area (Å²) in [6.45, 7) is 1.89. The van der Waals surface area contributed by atoms with Crippen molar-refractivity contribution in [3.05, 3.63) is 58.0 Å². The minimum Gasteiger partial charge on any atom is -0.486 e. The van der Waals surface area contributed by atoms with Gasteiger partial charge in [-0.3, -0.25) is 14.4 Å². The smallest absolute Gasteiger partial charge is 0.260 e. The Kier molecular flexibility index (Phi) is 4.66. The average molecular weight is 368 g/mol. The van der Waals surface area contributed by atoms with Crippen LogP contribution in [-0.2, 0) is 0 Å². The van der Waals surface area contributed by atoms with Crippen LogP contribution < -0.4 is 15.0 Å². The molecule has 3 heterocycles. The Bertz CT molecular complexity index is 928. The highest BCUT2D eigenvalue weighted by molar-refractivity contribution is 5.99. The molecule has 2 aromatic rings. The fraction of sp³-hybridized carbons (Fsp3) is 0.350. The van der Waals surface area contributed by atoms with E-state index in [2.05, 4.69) is 4.98 Å². The fourth-order valence-electron chi connectivity index (χ4n) is 3.54. The Morgan fingerprint density at radius 2 is 1.78 bits per heavy atom. The molecule has 0 atom stereocenters. The first-order chi connectivity index (χ1) is 13.1. The summed E-state index contributed by atoms with van der Waals surface area (Å²) in [4.78, 5) is 41.3. The molecule has 1 amide bonds. The van der Waals surface area contributed by atoms with Crippen LogP contribution in [0.2, 0.25) is 0 Å². The van der Waals surface area contributed by atoms with Crippen LogP contribution in [0.3, 0.4) is 0 Å². The van der Waals surface area contributed by atoms with Gasteiger partial charge in [0.1, 0.15) is 18.8 Å². The summed E-state index contributed by atoms with van der Waals surface area (Å²) in [5.74, 6) is 0.874. The number of nitrogens with zero attached hydrogens (tertiary/aromatic N) is 1. The predicted molar refractivity (Wildman–Crippen MR) is 97.5 cm³/mol. The van der Waals surface area contributed by atoms with Gasteiger partial charge in [-0.15, -0.1) is 0 Å². The number of carbonyl (C=O) groups is 2. The van der Waals surface area contributed by atoms with Crippen molar-refractivity contribution in [2.45, 2.75) is 12.8 Å². The van der Waals surface area contributed by atoms with Crippen LogP contribution in [0.5, 0.6) is 11.5 Å². The lowest BCUT2D eigenvalue weighted by Crippen LogP contribution is -2.42. The summed E-state index contributed by atoms with van der Waals surface area (Å²) < 4.78 is 11.0. The van der Waals surface area contributed by atoms with E-state index in [4.69, 9.17) is 9.47 Å². The number of rotatable bonds is 3. The highest BCUT2D eigenvalue weighted by atomic mass is 16.6. The van der Waals surface area contributed by atoms with Crippen LogP contribution in [-0.4, -0.2) is 47.9 Å². The second-order valence-electron chi connectivity index (χ2n) is 6.70. The van der Waals surface area contributed by atoms with Crippen molar-refractivity contribution in [2.75, 3.05) is 26.3 Å². The Hall–Kier alpha value is -3.09. The lowest BCUT2D eigenvalue weighted by molar-refractivity contribution is 0.0648. The van der Waals surface area contributed by atoms with Crippen LogP contribution in [0.15, 0.2) is 41.3 Å². The number of amides is 1. The van der Waals surface area contributed by atoms with Crippen LogP contribution in [0.4, 0.5) is 0 Å². The Morgan fingerprint density at radius 3 is 2.52 bits per heavy atom. The number of H-pyrrole nitrogens is 1. The summed E-state index contributed by atoms with van der Waals surface area (Å²) in [5, 5.41) is 0. The third-order valence-corrected chi connectivity index (χ3v) is 5.03. The molecule has 0 unspecified atom stereocenters. The van der Waals surface area contributed by atoms with E-state index < -0.39 is 5.56 Å². The average Bonchev–Trinajstić information content (AvgIpc) is 2.73. The van der Waals surface area contributed by atoms with Gasteiger partial charge in [-0.05, 0) is 43.2 Å². The molecular formula is C20H20N2O5. The van der Waals surface area contributed by atoms with E-state index in [1.54, 1.807) is 29.2 Å². The molecule has 0 bridgehead atoms. The topological polar surface area (TPSA) is 88.7 Å². The second kappa shape index (κ2) is 7.26. The van der Waals surface area contributed by atoms with Crippen LogP contribution in [0.25, 0.3) is 0 Å². The van der Waals surface area contributed by atoms with Gasteiger partial charge in [-0.2, -0.15) is 0 Å². The largest absolute Gasteiger partial charge is 0.486 e. The molecule has 0 aliphatic carbocycles. The molecule has 0 spiro atoms. The van der Waals surface area contributed by atoms with Crippen molar-refractivity contribution >= 4 is 11.7 Å². The quantitative estimate of drug-likeness (QED) is 0.836. The number of ketones is 1. The number of ether oxygens (including phenoxy) is 2. The molecule has 7 heteroatoms. The zero-order chi connectivity index (χ0) is 18.8. The van der Waals surface area contributed by atoms with E-state index in [0.717, 1.165) is 0 Å². The monoisotopic (exact) mass is 368 g/mol. The highest BCUT2D eigenvalue weighted by Gasteiger charge is 2.29. The number of piperidine rings is 1. The Labute approximate surface area is 155 Å². The molecule has 27 heavy (non-hydrogen) atoms. The summed E-state index contributed by atoms with van der Waals surface area (Å²) in [6, 6.07) is 8.41. The molecule has 1 saturated heterocycles. The summed E-state index contributed by atoms with van der Waals surface area (Å²) >= 11 is 0. The zero-order valence-electron chi connectivity index (χ0n) is 14.8. The summed E-state index contributed by atoms with van der Waals surface area (Å²) in [6.07, 6.45) is 2.64. The number of Topliss-reactive ketones (excluding diaryl/α,β-unsaturated/α-hetero) is 1. The normalized spacial score (nSPS) is 16.8. The molecule has 4 rings (SSSR count). The molecule has 140 valence electrons. The standard InChI is InChI=1S/C20H20N2O5/c23-18(14-3-4-16-17(12-14)27-11-10-26-16)13-5-8-22(9-6-13)20(25)15-2-1-7-21-19(15)24/h1-4,7,12-13H,5-6,8-11H2,(H,21,24). The van der Waals surface area contributed by atoms with Gasteiger partial charge in [0.15, 0.2) is 17.3 Å². The molecule has 2 aliphatic rings. The van der Waals surface area contributed by atoms with Gasteiger partial charge in [-0.1, -0.05) is 0 Å². The number of carbonyl (C=O) groups excluding carboxylic acids is 2. The van der Waals surface area contributed by atoms with Gasteiger partial charge in [0, 0.05) is 30.8 Å².